The van der Waals surface area contributed by atoms with Gasteiger partial charge in [0.15, 0.2) is 0 Å². The summed E-state index contributed by atoms with van der Waals surface area (Å²) < 4.78 is 26.4. The minimum atomic E-state index is -0.926. The Labute approximate surface area is 112 Å². The molecule has 0 aliphatic rings. The van der Waals surface area contributed by atoms with E-state index in [9.17, 15) is 13.6 Å². The summed E-state index contributed by atoms with van der Waals surface area (Å²) in [6.45, 7) is 0. The molecule has 0 fully saturated rings. The average Bonchev–Trinajstić information content (AvgIpc) is 2.36. The predicted molar refractivity (Wildman–Crippen MR) is 68.0 cm³/mol. The fourth-order valence-electron chi connectivity index (χ4n) is 1.41. The molecule has 2 rings (SSSR count). The summed E-state index contributed by atoms with van der Waals surface area (Å²) in [7, 11) is 0. The summed E-state index contributed by atoms with van der Waals surface area (Å²) in [6.07, 6.45) is 2.65. The quantitative estimate of drug-likeness (QED) is 0.833. The van der Waals surface area contributed by atoms with Gasteiger partial charge in [-0.1, -0.05) is 11.6 Å². The van der Waals surface area contributed by atoms with E-state index in [1.807, 2.05) is 0 Å². The summed E-state index contributed by atoms with van der Waals surface area (Å²) in [6, 6.07) is 2.97. The fraction of sp³-hybridized carbons (Fsp3) is 0. The predicted octanol–water partition coefficient (Wildman–Crippen LogP) is 2.85. The van der Waals surface area contributed by atoms with Gasteiger partial charge in [0.05, 0.1) is 22.0 Å². The lowest BCUT2D eigenvalue weighted by Crippen LogP contribution is -2.14. The van der Waals surface area contributed by atoms with Gasteiger partial charge in [-0.3, -0.25) is 9.78 Å². The average molecular weight is 284 g/mol. The number of nitrogen functional groups attached to an aromatic ring is 1. The Bertz CT molecular complexity index is 649. The first kappa shape index (κ1) is 13.2. The first-order chi connectivity index (χ1) is 8.99. The maximum Gasteiger partial charge on any atom is 0.257 e. The van der Waals surface area contributed by atoms with Crippen LogP contribution in [0.2, 0.25) is 5.02 Å². The van der Waals surface area contributed by atoms with Gasteiger partial charge >= 0.3 is 0 Å². The standard InChI is InChI=1S/C12H8ClF2N3O/c13-7-5-17-2-1-6(7)12(19)18-11-4-10(16)8(14)3-9(11)15/h1-5H,16H2,(H,18,19). The Morgan fingerprint density at radius 2 is 2.05 bits per heavy atom. The van der Waals surface area contributed by atoms with Crippen LogP contribution in [0.25, 0.3) is 0 Å². The number of nitrogens with zero attached hydrogens (tertiary/aromatic N) is 1. The number of nitrogens with two attached hydrogens (primary N) is 1. The Hall–Kier alpha value is -2.21. The molecule has 7 heteroatoms. The summed E-state index contributed by atoms with van der Waals surface area (Å²) in [4.78, 5) is 15.6. The van der Waals surface area contributed by atoms with Crippen molar-refractivity contribution < 1.29 is 13.6 Å². The van der Waals surface area contributed by atoms with E-state index >= 15 is 0 Å². The van der Waals surface area contributed by atoms with Crippen molar-refractivity contribution in [1.82, 2.24) is 4.98 Å². The van der Waals surface area contributed by atoms with Crippen LogP contribution in [0.4, 0.5) is 20.2 Å². The number of nitrogens with one attached hydrogen (secondary N) is 1. The van der Waals surface area contributed by atoms with Gasteiger partial charge in [0.25, 0.3) is 5.91 Å². The van der Waals surface area contributed by atoms with Crippen molar-refractivity contribution in [3.8, 4) is 0 Å². The van der Waals surface area contributed by atoms with Crippen LogP contribution in [0.3, 0.4) is 0 Å². The Morgan fingerprint density at radius 3 is 2.74 bits per heavy atom. The van der Waals surface area contributed by atoms with Gasteiger partial charge in [-0.05, 0) is 12.1 Å². The van der Waals surface area contributed by atoms with Crippen LogP contribution >= 0.6 is 11.6 Å². The van der Waals surface area contributed by atoms with Crippen LogP contribution in [0.15, 0.2) is 30.6 Å². The maximum absolute atomic E-state index is 13.5. The minimum absolute atomic E-state index is 0.121. The monoisotopic (exact) mass is 283 g/mol. The highest BCUT2D eigenvalue weighted by atomic mass is 35.5. The highest BCUT2D eigenvalue weighted by molar-refractivity contribution is 6.34. The molecule has 0 saturated heterocycles. The third-order valence-electron chi connectivity index (χ3n) is 2.35. The van der Waals surface area contributed by atoms with E-state index in [-0.39, 0.29) is 22.0 Å². The molecular weight excluding hydrogens is 276 g/mol. The summed E-state index contributed by atoms with van der Waals surface area (Å²) in [5.74, 6) is -2.46. The van der Waals surface area contributed by atoms with Crippen molar-refractivity contribution in [1.29, 1.82) is 0 Å². The molecule has 1 amide bonds. The highest BCUT2D eigenvalue weighted by Crippen LogP contribution is 2.22. The van der Waals surface area contributed by atoms with E-state index in [1.165, 1.54) is 18.5 Å². The van der Waals surface area contributed by atoms with Crippen LogP contribution in [0, 0.1) is 11.6 Å². The van der Waals surface area contributed by atoms with E-state index in [2.05, 4.69) is 10.3 Å². The molecule has 0 bridgehead atoms. The molecule has 1 aromatic carbocycles. The number of halogens is 3. The van der Waals surface area contributed by atoms with Crippen LogP contribution in [-0.4, -0.2) is 10.9 Å². The minimum Gasteiger partial charge on any atom is -0.396 e. The second kappa shape index (κ2) is 5.19. The number of aromatic nitrogens is 1. The second-order valence-electron chi connectivity index (χ2n) is 3.66. The van der Waals surface area contributed by atoms with Crippen molar-refractivity contribution >= 4 is 28.9 Å². The number of hydrogen-bond donors (Lipinski definition) is 2. The van der Waals surface area contributed by atoms with E-state index in [4.69, 9.17) is 17.3 Å². The van der Waals surface area contributed by atoms with Crippen molar-refractivity contribution in [3.63, 3.8) is 0 Å². The first-order valence-electron chi connectivity index (χ1n) is 5.14. The van der Waals surface area contributed by atoms with Gasteiger partial charge in [0.1, 0.15) is 11.6 Å². The maximum atomic E-state index is 13.5. The lowest BCUT2D eigenvalue weighted by Gasteiger charge is -2.08. The van der Waals surface area contributed by atoms with Gasteiger partial charge in [0, 0.05) is 18.5 Å². The van der Waals surface area contributed by atoms with Crippen molar-refractivity contribution in [3.05, 3.63) is 52.8 Å². The molecule has 0 aliphatic heterocycles. The zero-order valence-corrected chi connectivity index (χ0v) is 10.2. The van der Waals surface area contributed by atoms with Crippen molar-refractivity contribution in [2.24, 2.45) is 0 Å². The van der Waals surface area contributed by atoms with E-state index in [1.54, 1.807) is 0 Å². The molecule has 1 heterocycles. The Kier molecular flexibility index (Phi) is 3.62. The van der Waals surface area contributed by atoms with Crippen molar-refractivity contribution in [2.45, 2.75) is 0 Å². The molecule has 0 saturated carbocycles. The van der Waals surface area contributed by atoms with E-state index < -0.39 is 17.5 Å². The lowest BCUT2D eigenvalue weighted by atomic mass is 10.2. The van der Waals surface area contributed by atoms with Gasteiger partial charge < -0.3 is 11.1 Å². The van der Waals surface area contributed by atoms with Crippen LogP contribution in [0.5, 0.6) is 0 Å². The smallest absolute Gasteiger partial charge is 0.257 e. The second-order valence-corrected chi connectivity index (χ2v) is 4.07. The van der Waals surface area contributed by atoms with Gasteiger partial charge in [-0.2, -0.15) is 0 Å². The lowest BCUT2D eigenvalue weighted by molar-refractivity contribution is 0.102. The molecule has 0 spiro atoms. The molecule has 0 unspecified atom stereocenters. The zero-order chi connectivity index (χ0) is 14.0. The van der Waals surface area contributed by atoms with Gasteiger partial charge in [-0.25, -0.2) is 8.78 Å². The summed E-state index contributed by atoms with van der Waals surface area (Å²) >= 11 is 5.78. The number of amides is 1. The number of carbonyl (C=O) groups excluding carboxylic acids is 1. The third kappa shape index (κ3) is 2.79. The molecule has 1 aromatic heterocycles. The summed E-state index contributed by atoms with van der Waals surface area (Å²) in [5, 5.41) is 2.38. The first-order valence-corrected chi connectivity index (χ1v) is 5.52. The Balaban J connectivity index is 2.30. The number of pyridine rings is 1. The topological polar surface area (TPSA) is 68.0 Å². The fourth-order valence-corrected chi connectivity index (χ4v) is 1.62. The van der Waals surface area contributed by atoms with E-state index in [0.717, 1.165) is 6.07 Å². The SMILES string of the molecule is Nc1cc(NC(=O)c2ccncc2Cl)c(F)cc1F. The molecular formula is C12H8ClF2N3O. The number of rotatable bonds is 2. The van der Waals surface area contributed by atoms with Crippen LogP contribution < -0.4 is 11.1 Å². The largest absolute Gasteiger partial charge is 0.396 e. The van der Waals surface area contributed by atoms with Gasteiger partial charge in [-0.15, -0.1) is 0 Å². The number of hydrogen-bond acceptors (Lipinski definition) is 3. The van der Waals surface area contributed by atoms with Crippen molar-refractivity contribution in [2.75, 3.05) is 11.1 Å². The number of carbonyl (C=O) groups is 1. The number of anilines is 2. The van der Waals surface area contributed by atoms with Crippen LogP contribution in [0.1, 0.15) is 10.4 Å². The molecule has 0 aliphatic carbocycles. The molecule has 0 radical (unpaired) electrons. The third-order valence-corrected chi connectivity index (χ3v) is 2.65. The van der Waals surface area contributed by atoms with Crippen LogP contribution in [-0.2, 0) is 0 Å². The number of benzene rings is 1. The molecule has 3 N–H and O–H groups in total. The normalized spacial score (nSPS) is 10.3. The van der Waals surface area contributed by atoms with Gasteiger partial charge in [0.2, 0.25) is 0 Å². The molecule has 19 heavy (non-hydrogen) atoms. The molecule has 4 nitrogen and oxygen atoms in total. The van der Waals surface area contributed by atoms with E-state index in [0.29, 0.717) is 6.07 Å². The summed E-state index contributed by atoms with van der Waals surface area (Å²) in [5.41, 5.74) is 4.94. The highest BCUT2D eigenvalue weighted by Gasteiger charge is 2.14. The molecule has 0 atom stereocenters. The zero-order valence-electron chi connectivity index (χ0n) is 9.45. The molecule has 98 valence electrons. The Morgan fingerprint density at radius 1 is 1.32 bits per heavy atom. The molecule has 2 aromatic rings.